The lowest BCUT2D eigenvalue weighted by molar-refractivity contribution is -0.132. The van der Waals surface area contributed by atoms with Gasteiger partial charge in [-0.05, 0) is 12.8 Å². The van der Waals surface area contributed by atoms with Crippen molar-refractivity contribution < 1.29 is 9.90 Å². The van der Waals surface area contributed by atoms with Gasteiger partial charge in [-0.2, -0.15) is 0 Å². The summed E-state index contributed by atoms with van der Waals surface area (Å²) in [6, 6.07) is 0. The molecular formula is C10H15NO2. The van der Waals surface area contributed by atoms with Crippen LogP contribution in [0.2, 0.25) is 0 Å². The first-order valence-corrected chi connectivity index (χ1v) is 4.43. The highest BCUT2D eigenvalue weighted by Gasteiger charge is 2.22. The van der Waals surface area contributed by atoms with Crippen molar-refractivity contribution in [3.8, 4) is 0 Å². The predicted molar refractivity (Wildman–Crippen MR) is 51.8 cm³/mol. The van der Waals surface area contributed by atoms with Crippen molar-refractivity contribution in [2.45, 2.75) is 33.6 Å². The summed E-state index contributed by atoms with van der Waals surface area (Å²) >= 11 is 0. The molecule has 0 amide bonds. The highest BCUT2D eigenvalue weighted by Crippen LogP contribution is 2.24. The van der Waals surface area contributed by atoms with Gasteiger partial charge in [0.2, 0.25) is 0 Å². The van der Waals surface area contributed by atoms with Crippen LogP contribution >= 0.6 is 0 Å². The van der Waals surface area contributed by atoms with Crippen LogP contribution in [0.5, 0.6) is 0 Å². The van der Waals surface area contributed by atoms with Gasteiger partial charge in [-0.25, -0.2) is 9.79 Å². The molecule has 72 valence electrons. The standard InChI is InChI=1S/C10H15NO2/c1-10(2,3)8-6-4-5-7(11-8)9(12)13/h5H,4,6H2,1-3H3,(H,12,13). The van der Waals surface area contributed by atoms with Gasteiger partial charge in [-0.3, -0.25) is 0 Å². The Kier molecular flexibility index (Phi) is 2.55. The number of rotatable bonds is 1. The SMILES string of the molecule is CC(C)(C)C1=NC(C(=O)O)=CCC1. The van der Waals surface area contributed by atoms with E-state index in [1.54, 1.807) is 6.08 Å². The molecule has 0 aromatic heterocycles. The number of hydrogen-bond donors (Lipinski definition) is 1. The van der Waals surface area contributed by atoms with Crippen LogP contribution in [0.4, 0.5) is 0 Å². The van der Waals surface area contributed by atoms with Crippen LogP contribution in [0.1, 0.15) is 33.6 Å². The van der Waals surface area contributed by atoms with Gasteiger partial charge >= 0.3 is 5.97 Å². The summed E-state index contributed by atoms with van der Waals surface area (Å²) in [5.74, 6) is -0.929. The summed E-state index contributed by atoms with van der Waals surface area (Å²) < 4.78 is 0. The van der Waals surface area contributed by atoms with Crippen molar-refractivity contribution in [1.82, 2.24) is 0 Å². The third-order valence-corrected chi connectivity index (χ3v) is 2.06. The van der Waals surface area contributed by atoms with E-state index in [9.17, 15) is 4.79 Å². The van der Waals surface area contributed by atoms with E-state index in [0.717, 1.165) is 18.6 Å². The van der Waals surface area contributed by atoms with Crippen molar-refractivity contribution in [2.24, 2.45) is 10.4 Å². The summed E-state index contributed by atoms with van der Waals surface area (Å²) in [6.07, 6.45) is 3.34. The van der Waals surface area contributed by atoms with E-state index in [2.05, 4.69) is 25.8 Å². The van der Waals surface area contributed by atoms with Gasteiger partial charge < -0.3 is 5.11 Å². The molecule has 0 saturated carbocycles. The minimum atomic E-state index is -0.929. The number of nitrogens with zero attached hydrogens (tertiary/aromatic N) is 1. The fourth-order valence-corrected chi connectivity index (χ4v) is 1.27. The van der Waals surface area contributed by atoms with Crippen molar-refractivity contribution in [3.05, 3.63) is 11.8 Å². The van der Waals surface area contributed by atoms with Gasteiger partial charge in [0.15, 0.2) is 0 Å². The third-order valence-electron chi connectivity index (χ3n) is 2.06. The first-order valence-electron chi connectivity index (χ1n) is 4.43. The lowest BCUT2D eigenvalue weighted by Gasteiger charge is -2.23. The van der Waals surface area contributed by atoms with E-state index in [0.29, 0.717) is 0 Å². The monoisotopic (exact) mass is 181 g/mol. The predicted octanol–water partition coefficient (Wildman–Crippen LogP) is 2.24. The lowest BCUT2D eigenvalue weighted by atomic mass is 9.86. The average Bonchev–Trinajstić information content (AvgIpc) is 2.03. The molecule has 0 aromatic rings. The fourth-order valence-electron chi connectivity index (χ4n) is 1.27. The van der Waals surface area contributed by atoms with Gasteiger partial charge in [0, 0.05) is 11.1 Å². The maximum atomic E-state index is 10.7. The molecule has 0 fully saturated rings. The van der Waals surface area contributed by atoms with Crippen LogP contribution in [0.15, 0.2) is 16.8 Å². The normalized spacial score (nSPS) is 17.8. The third kappa shape index (κ3) is 2.41. The Labute approximate surface area is 78.2 Å². The quantitative estimate of drug-likeness (QED) is 0.674. The van der Waals surface area contributed by atoms with E-state index < -0.39 is 5.97 Å². The van der Waals surface area contributed by atoms with Crippen LogP contribution in [0.25, 0.3) is 0 Å². The Morgan fingerprint density at radius 1 is 1.54 bits per heavy atom. The van der Waals surface area contributed by atoms with Crippen LogP contribution in [0.3, 0.4) is 0 Å². The average molecular weight is 181 g/mol. The highest BCUT2D eigenvalue weighted by atomic mass is 16.4. The molecule has 0 saturated heterocycles. The molecule has 0 spiro atoms. The fraction of sp³-hybridized carbons (Fsp3) is 0.600. The number of hydrogen-bond acceptors (Lipinski definition) is 2. The summed E-state index contributed by atoms with van der Waals surface area (Å²) in [5, 5.41) is 8.75. The lowest BCUT2D eigenvalue weighted by Crippen LogP contribution is -2.23. The number of allylic oxidation sites excluding steroid dienone is 1. The van der Waals surface area contributed by atoms with E-state index in [1.807, 2.05) is 0 Å². The molecule has 0 atom stereocenters. The number of carboxylic acids is 1. The number of carbonyl (C=O) groups is 1. The molecule has 1 heterocycles. The Morgan fingerprint density at radius 2 is 2.15 bits per heavy atom. The molecule has 13 heavy (non-hydrogen) atoms. The second-order valence-electron chi connectivity index (χ2n) is 4.24. The zero-order chi connectivity index (χ0) is 10.1. The summed E-state index contributed by atoms with van der Waals surface area (Å²) in [6.45, 7) is 6.16. The largest absolute Gasteiger partial charge is 0.477 e. The second-order valence-corrected chi connectivity index (χ2v) is 4.24. The number of aliphatic carboxylic acids is 1. The molecule has 1 aliphatic rings. The van der Waals surface area contributed by atoms with Crippen molar-refractivity contribution in [1.29, 1.82) is 0 Å². The van der Waals surface area contributed by atoms with Gasteiger partial charge in [0.25, 0.3) is 0 Å². The van der Waals surface area contributed by atoms with Gasteiger partial charge in [0.1, 0.15) is 5.70 Å². The van der Waals surface area contributed by atoms with E-state index in [4.69, 9.17) is 5.11 Å². The van der Waals surface area contributed by atoms with E-state index in [1.165, 1.54) is 0 Å². The molecular weight excluding hydrogens is 166 g/mol. The molecule has 3 heteroatoms. The van der Waals surface area contributed by atoms with Crippen LogP contribution in [-0.2, 0) is 4.79 Å². The molecule has 1 aliphatic heterocycles. The Balaban J connectivity index is 2.91. The summed E-state index contributed by atoms with van der Waals surface area (Å²) in [4.78, 5) is 14.8. The second kappa shape index (κ2) is 3.32. The van der Waals surface area contributed by atoms with Crippen LogP contribution in [0, 0.1) is 5.41 Å². The Bertz CT molecular complexity index is 282. The van der Waals surface area contributed by atoms with Crippen molar-refractivity contribution in [3.63, 3.8) is 0 Å². The minimum absolute atomic E-state index is 0.0189. The van der Waals surface area contributed by atoms with E-state index >= 15 is 0 Å². The first-order chi connectivity index (χ1) is 5.91. The zero-order valence-corrected chi connectivity index (χ0v) is 8.29. The number of aliphatic imine (C=N–C) groups is 1. The Morgan fingerprint density at radius 3 is 2.62 bits per heavy atom. The first kappa shape index (κ1) is 9.96. The molecule has 0 radical (unpaired) electrons. The molecule has 0 aromatic carbocycles. The van der Waals surface area contributed by atoms with Gasteiger partial charge in [-0.15, -0.1) is 0 Å². The topological polar surface area (TPSA) is 49.7 Å². The maximum absolute atomic E-state index is 10.7. The van der Waals surface area contributed by atoms with E-state index in [-0.39, 0.29) is 11.1 Å². The van der Waals surface area contributed by atoms with Crippen molar-refractivity contribution in [2.75, 3.05) is 0 Å². The molecule has 1 N–H and O–H groups in total. The zero-order valence-electron chi connectivity index (χ0n) is 8.29. The van der Waals surface area contributed by atoms with Crippen LogP contribution in [-0.4, -0.2) is 16.8 Å². The van der Waals surface area contributed by atoms with Crippen molar-refractivity contribution >= 4 is 11.7 Å². The maximum Gasteiger partial charge on any atom is 0.354 e. The molecule has 0 bridgehead atoms. The van der Waals surface area contributed by atoms with Gasteiger partial charge in [-0.1, -0.05) is 26.8 Å². The number of carboxylic acid groups (broad SMARTS) is 1. The smallest absolute Gasteiger partial charge is 0.354 e. The highest BCUT2D eigenvalue weighted by molar-refractivity contribution is 5.97. The van der Waals surface area contributed by atoms with Crippen LogP contribution < -0.4 is 0 Å². The molecule has 1 rings (SSSR count). The Hall–Kier alpha value is -1.12. The van der Waals surface area contributed by atoms with Gasteiger partial charge in [0.05, 0.1) is 0 Å². The molecule has 0 aliphatic carbocycles. The summed E-state index contributed by atoms with van der Waals surface area (Å²) in [7, 11) is 0. The minimum Gasteiger partial charge on any atom is -0.477 e. The molecule has 3 nitrogen and oxygen atoms in total. The summed E-state index contributed by atoms with van der Waals surface area (Å²) in [5.41, 5.74) is 1.15. The molecule has 0 unspecified atom stereocenters.